The van der Waals surface area contributed by atoms with Crippen LogP contribution in [0.1, 0.15) is 26.3 Å². The number of aryl methyl sites for hydroxylation is 1. The van der Waals surface area contributed by atoms with Crippen LogP contribution in [0.3, 0.4) is 0 Å². The van der Waals surface area contributed by atoms with Crippen LogP contribution in [-0.2, 0) is 18.2 Å². The molecule has 1 amide bonds. The Hall–Kier alpha value is -2.38. The highest BCUT2D eigenvalue weighted by Gasteiger charge is 2.35. The molecule has 0 spiro atoms. The fraction of sp³-hybridized carbons (Fsp3) is 0.500. The minimum Gasteiger partial charge on any atom is -0.507 e. The summed E-state index contributed by atoms with van der Waals surface area (Å²) >= 11 is 0. The molecule has 0 fully saturated rings. The van der Waals surface area contributed by atoms with Crippen LogP contribution >= 0.6 is 0 Å². The molecule has 1 heterocycles. The number of hydrogen-bond donors (Lipinski definition) is 1. The van der Waals surface area contributed by atoms with Crippen LogP contribution in [-0.4, -0.2) is 45.5 Å². The first-order valence-electron chi connectivity index (χ1n) is 8.18. The number of aromatic hydroxyl groups is 1. The number of ether oxygens (including phenoxy) is 1. The number of alkyl halides is 3. The maximum Gasteiger partial charge on any atom is 0.410 e. The lowest BCUT2D eigenvalue weighted by molar-refractivity contribution is -0.144. The summed E-state index contributed by atoms with van der Waals surface area (Å²) in [5, 5.41) is 10.7. The summed E-state index contributed by atoms with van der Waals surface area (Å²) in [5.41, 5.74) is 0.537. The molecule has 0 radical (unpaired) electrons. The second-order valence-electron chi connectivity index (χ2n) is 7.20. The van der Waals surface area contributed by atoms with Gasteiger partial charge in [0.1, 0.15) is 17.9 Å². The van der Waals surface area contributed by atoms with Crippen molar-refractivity contribution in [1.29, 1.82) is 0 Å². The van der Waals surface area contributed by atoms with E-state index in [0.717, 1.165) is 5.52 Å². The van der Waals surface area contributed by atoms with Gasteiger partial charge < -0.3 is 14.4 Å². The first kappa shape index (κ1) is 19.9. The molecule has 8 heteroatoms. The molecule has 1 aromatic carbocycles. The van der Waals surface area contributed by atoms with E-state index >= 15 is 0 Å². The fourth-order valence-corrected chi connectivity index (χ4v) is 2.74. The van der Waals surface area contributed by atoms with Crippen LogP contribution in [0.4, 0.5) is 18.0 Å². The summed E-state index contributed by atoms with van der Waals surface area (Å²) in [6, 6.07) is 5.02. The smallest absolute Gasteiger partial charge is 0.410 e. The quantitative estimate of drug-likeness (QED) is 0.874. The maximum atomic E-state index is 12.9. The molecule has 2 aromatic rings. The average Bonchev–Trinajstić information content (AvgIpc) is 2.78. The lowest BCUT2D eigenvalue weighted by atomic mass is 10.1. The van der Waals surface area contributed by atoms with E-state index in [-0.39, 0.29) is 18.7 Å². The normalized spacial score (nSPS) is 12.4. The zero-order chi connectivity index (χ0) is 19.7. The molecular formula is C18H23F3N2O3. The van der Waals surface area contributed by atoms with Crippen molar-refractivity contribution in [2.45, 2.75) is 39.0 Å². The predicted molar refractivity (Wildman–Crippen MR) is 92.1 cm³/mol. The van der Waals surface area contributed by atoms with Crippen molar-refractivity contribution >= 4 is 17.0 Å². The minimum absolute atomic E-state index is 0.0535. The number of carbonyl (C=O) groups is 1. The Morgan fingerprint density at radius 3 is 2.50 bits per heavy atom. The number of benzene rings is 1. The number of phenolic OH excluding ortho intramolecular Hbond substituents is 1. The van der Waals surface area contributed by atoms with E-state index in [1.165, 1.54) is 6.07 Å². The van der Waals surface area contributed by atoms with Crippen molar-refractivity contribution < 1.29 is 27.8 Å². The number of phenols is 1. The molecule has 144 valence electrons. The van der Waals surface area contributed by atoms with Crippen molar-refractivity contribution in [3.63, 3.8) is 0 Å². The van der Waals surface area contributed by atoms with Gasteiger partial charge in [0, 0.05) is 25.2 Å². The highest BCUT2D eigenvalue weighted by molar-refractivity contribution is 5.89. The molecule has 1 aromatic heterocycles. The van der Waals surface area contributed by atoms with Gasteiger partial charge in [-0.05, 0) is 44.9 Å². The third kappa shape index (κ3) is 5.06. The van der Waals surface area contributed by atoms with Crippen LogP contribution in [0.2, 0.25) is 0 Å². The van der Waals surface area contributed by atoms with E-state index in [1.807, 2.05) is 0 Å². The second-order valence-corrected chi connectivity index (χ2v) is 7.20. The first-order valence-corrected chi connectivity index (χ1v) is 8.18. The number of rotatable bonds is 4. The third-order valence-electron chi connectivity index (χ3n) is 3.74. The lowest BCUT2D eigenvalue weighted by Crippen LogP contribution is -2.43. The number of fused-ring (bicyclic) bond motifs is 1. The van der Waals surface area contributed by atoms with E-state index in [0.29, 0.717) is 15.8 Å². The van der Waals surface area contributed by atoms with Crippen LogP contribution in [0.15, 0.2) is 24.4 Å². The molecule has 26 heavy (non-hydrogen) atoms. The standard InChI is InChI=1S/C18H23F3N2O3/c1-17(2,3)26-16(25)23(11-18(19,20)21)9-8-12-10-22(4)13-6-5-7-14(24)15(12)13/h5-7,10,24H,8-9,11H2,1-4H3. The van der Waals surface area contributed by atoms with Gasteiger partial charge in [-0.25, -0.2) is 4.79 Å². The van der Waals surface area contributed by atoms with Gasteiger partial charge in [-0.1, -0.05) is 6.07 Å². The number of carbonyl (C=O) groups excluding carboxylic acids is 1. The van der Waals surface area contributed by atoms with E-state index in [9.17, 15) is 23.1 Å². The van der Waals surface area contributed by atoms with Gasteiger partial charge >= 0.3 is 12.3 Å². The zero-order valence-corrected chi connectivity index (χ0v) is 15.2. The molecule has 0 aliphatic rings. The Bertz CT molecular complexity index is 791. The highest BCUT2D eigenvalue weighted by atomic mass is 19.4. The van der Waals surface area contributed by atoms with E-state index < -0.39 is 24.4 Å². The van der Waals surface area contributed by atoms with Crippen molar-refractivity contribution in [2.75, 3.05) is 13.1 Å². The monoisotopic (exact) mass is 372 g/mol. The van der Waals surface area contributed by atoms with Gasteiger partial charge in [-0.3, -0.25) is 4.90 Å². The molecule has 0 saturated carbocycles. The van der Waals surface area contributed by atoms with Gasteiger partial charge in [-0.2, -0.15) is 13.2 Å². The molecule has 0 aliphatic heterocycles. The number of aromatic nitrogens is 1. The molecule has 0 saturated heterocycles. The Morgan fingerprint density at radius 1 is 1.27 bits per heavy atom. The van der Waals surface area contributed by atoms with Gasteiger partial charge in [-0.15, -0.1) is 0 Å². The molecule has 2 rings (SSSR count). The lowest BCUT2D eigenvalue weighted by Gasteiger charge is -2.28. The van der Waals surface area contributed by atoms with E-state index in [1.54, 1.807) is 50.7 Å². The predicted octanol–water partition coefficient (Wildman–Crippen LogP) is 4.23. The van der Waals surface area contributed by atoms with Gasteiger partial charge in [0.2, 0.25) is 0 Å². The van der Waals surface area contributed by atoms with Crippen LogP contribution < -0.4 is 0 Å². The van der Waals surface area contributed by atoms with Crippen molar-refractivity contribution in [3.8, 4) is 5.75 Å². The molecular weight excluding hydrogens is 349 g/mol. The SMILES string of the molecule is Cn1cc(CCN(CC(F)(F)F)C(=O)OC(C)(C)C)c2c(O)cccc21. The topological polar surface area (TPSA) is 54.7 Å². The molecule has 5 nitrogen and oxygen atoms in total. The maximum absolute atomic E-state index is 12.9. The van der Waals surface area contributed by atoms with Crippen molar-refractivity contribution in [2.24, 2.45) is 7.05 Å². The number of nitrogens with zero attached hydrogens (tertiary/aromatic N) is 2. The Balaban J connectivity index is 2.23. The Labute approximate surface area is 150 Å². The summed E-state index contributed by atoms with van der Waals surface area (Å²) in [6.45, 7) is 3.22. The summed E-state index contributed by atoms with van der Waals surface area (Å²) in [7, 11) is 1.78. The fourth-order valence-electron chi connectivity index (χ4n) is 2.74. The van der Waals surface area contributed by atoms with Gasteiger partial charge in [0.25, 0.3) is 0 Å². The molecule has 0 bridgehead atoms. The van der Waals surface area contributed by atoms with Crippen molar-refractivity contribution in [3.05, 3.63) is 30.0 Å². The number of hydrogen-bond acceptors (Lipinski definition) is 3. The van der Waals surface area contributed by atoms with Crippen LogP contribution in [0.25, 0.3) is 10.9 Å². The second kappa shape index (κ2) is 7.09. The molecule has 0 unspecified atom stereocenters. The third-order valence-corrected chi connectivity index (χ3v) is 3.74. The summed E-state index contributed by atoms with van der Waals surface area (Å²) in [4.78, 5) is 12.8. The van der Waals surface area contributed by atoms with E-state index in [2.05, 4.69) is 0 Å². The summed E-state index contributed by atoms with van der Waals surface area (Å²) in [5.74, 6) is 0.0535. The van der Waals surface area contributed by atoms with Gasteiger partial charge in [0.15, 0.2) is 0 Å². The highest BCUT2D eigenvalue weighted by Crippen LogP contribution is 2.30. The Kier molecular flexibility index (Phi) is 5.44. The average molecular weight is 372 g/mol. The number of amides is 1. The first-order chi connectivity index (χ1) is 11.9. The Morgan fingerprint density at radius 2 is 1.92 bits per heavy atom. The summed E-state index contributed by atoms with van der Waals surface area (Å²) < 4.78 is 45.4. The summed E-state index contributed by atoms with van der Waals surface area (Å²) in [6.07, 6.45) is -3.65. The number of halogens is 3. The van der Waals surface area contributed by atoms with Crippen molar-refractivity contribution in [1.82, 2.24) is 9.47 Å². The van der Waals surface area contributed by atoms with Gasteiger partial charge in [0.05, 0.1) is 5.52 Å². The molecule has 0 atom stereocenters. The van der Waals surface area contributed by atoms with Crippen LogP contribution in [0, 0.1) is 0 Å². The molecule has 0 aliphatic carbocycles. The largest absolute Gasteiger partial charge is 0.507 e. The van der Waals surface area contributed by atoms with Crippen LogP contribution in [0.5, 0.6) is 5.75 Å². The van der Waals surface area contributed by atoms with E-state index in [4.69, 9.17) is 4.74 Å². The molecule has 1 N–H and O–H groups in total. The zero-order valence-electron chi connectivity index (χ0n) is 15.2. The minimum atomic E-state index is -4.53.